The van der Waals surface area contributed by atoms with Crippen LogP contribution in [0.5, 0.6) is 0 Å². The molecule has 8 nitrogen and oxygen atoms in total. The van der Waals surface area contributed by atoms with E-state index in [2.05, 4.69) is 10.2 Å². The number of fused-ring (bicyclic) bond motifs is 1. The first-order valence-corrected chi connectivity index (χ1v) is 11.2. The third-order valence-electron chi connectivity index (χ3n) is 5.96. The molecule has 3 amide bonds. The zero-order valence-electron chi connectivity index (χ0n) is 18.6. The number of rotatable bonds is 8. The molecule has 1 fully saturated rings. The molecule has 2 aliphatic heterocycles. The number of anilines is 2. The van der Waals surface area contributed by atoms with Gasteiger partial charge in [-0.25, -0.2) is 0 Å². The van der Waals surface area contributed by atoms with Gasteiger partial charge in [-0.3, -0.25) is 24.1 Å². The summed E-state index contributed by atoms with van der Waals surface area (Å²) < 4.78 is 5.05. The van der Waals surface area contributed by atoms with Crippen LogP contribution in [0.15, 0.2) is 42.5 Å². The number of hydrogen-bond donors (Lipinski definition) is 1. The Morgan fingerprint density at radius 1 is 1.00 bits per heavy atom. The van der Waals surface area contributed by atoms with E-state index in [0.29, 0.717) is 16.8 Å². The second-order valence-corrected chi connectivity index (χ2v) is 8.31. The first kappa shape index (κ1) is 22.5. The third-order valence-corrected chi connectivity index (χ3v) is 5.96. The lowest BCUT2D eigenvalue weighted by molar-refractivity contribution is -0.147. The zero-order chi connectivity index (χ0) is 23.4. The van der Waals surface area contributed by atoms with Gasteiger partial charge in [0, 0.05) is 37.4 Å². The van der Waals surface area contributed by atoms with E-state index in [4.69, 9.17) is 4.74 Å². The van der Waals surface area contributed by atoms with Crippen LogP contribution in [-0.2, 0) is 14.3 Å². The lowest BCUT2D eigenvalue weighted by Crippen LogP contribution is -2.31. The average Bonchev–Trinajstić information content (AvgIpc) is 3.43. The molecule has 2 aliphatic rings. The number of carbonyl (C=O) groups excluding carboxylic acids is 4. The van der Waals surface area contributed by atoms with Crippen molar-refractivity contribution < 1.29 is 23.9 Å². The van der Waals surface area contributed by atoms with Crippen molar-refractivity contribution in [1.29, 1.82) is 0 Å². The molecule has 0 radical (unpaired) electrons. The standard InChI is InChI=1S/C25H27N3O5/c1-17-15-18(27-12-4-5-13-27)10-11-21(17)26-22(29)16-33-23(30)9-6-14-28-24(31)19-7-2-3-8-20(19)25(28)32/h2-3,7-8,10-11,15H,4-6,9,12-14,16H2,1H3,(H,26,29). The molecule has 0 bridgehead atoms. The van der Waals surface area contributed by atoms with Gasteiger partial charge >= 0.3 is 5.97 Å². The van der Waals surface area contributed by atoms with Crippen LogP contribution < -0.4 is 10.2 Å². The van der Waals surface area contributed by atoms with Gasteiger partial charge in [0.25, 0.3) is 17.7 Å². The Balaban J connectivity index is 1.19. The highest BCUT2D eigenvalue weighted by molar-refractivity contribution is 6.21. The van der Waals surface area contributed by atoms with Crippen LogP contribution >= 0.6 is 0 Å². The molecule has 2 aromatic rings. The van der Waals surface area contributed by atoms with Crippen LogP contribution in [-0.4, -0.2) is 54.8 Å². The van der Waals surface area contributed by atoms with Gasteiger partial charge in [0.15, 0.2) is 6.61 Å². The summed E-state index contributed by atoms with van der Waals surface area (Å²) in [6.45, 7) is 3.76. The van der Waals surface area contributed by atoms with Gasteiger partial charge in [-0.05, 0) is 62.1 Å². The Morgan fingerprint density at radius 3 is 2.30 bits per heavy atom. The summed E-state index contributed by atoms with van der Waals surface area (Å²) in [5.41, 5.74) is 3.54. The molecular weight excluding hydrogens is 422 g/mol. The number of imide groups is 1. The summed E-state index contributed by atoms with van der Waals surface area (Å²) in [7, 11) is 0. The molecule has 8 heteroatoms. The summed E-state index contributed by atoms with van der Waals surface area (Å²) >= 11 is 0. The maximum absolute atomic E-state index is 12.3. The Hall–Kier alpha value is -3.68. The van der Waals surface area contributed by atoms with Crippen molar-refractivity contribution in [3.63, 3.8) is 0 Å². The summed E-state index contributed by atoms with van der Waals surface area (Å²) in [6, 6.07) is 12.5. The lowest BCUT2D eigenvalue weighted by Gasteiger charge is -2.19. The average molecular weight is 450 g/mol. The molecule has 0 spiro atoms. The molecule has 0 aliphatic carbocycles. The molecule has 2 aromatic carbocycles. The number of benzene rings is 2. The van der Waals surface area contributed by atoms with E-state index in [9.17, 15) is 19.2 Å². The van der Waals surface area contributed by atoms with Crippen molar-refractivity contribution >= 4 is 35.1 Å². The van der Waals surface area contributed by atoms with Crippen molar-refractivity contribution in [1.82, 2.24) is 4.90 Å². The van der Waals surface area contributed by atoms with Crippen molar-refractivity contribution in [3.05, 3.63) is 59.2 Å². The second-order valence-electron chi connectivity index (χ2n) is 8.31. The fraction of sp³-hybridized carbons (Fsp3) is 0.360. The number of esters is 1. The van der Waals surface area contributed by atoms with Gasteiger partial charge in [-0.1, -0.05) is 12.1 Å². The molecule has 172 valence electrons. The van der Waals surface area contributed by atoms with E-state index in [1.165, 1.54) is 12.8 Å². The van der Waals surface area contributed by atoms with Gasteiger partial charge in [-0.2, -0.15) is 0 Å². The van der Waals surface area contributed by atoms with Crippen molar-refractivity contribution in [2.45, 2.75) is 32.6 Å². The van der Waals surface area contributed by atoms with E-state index < -0.39 is 11.9 Å². The first-order valence-electron chi connectivity index (χ1n) is 11.2. The number of ether oxygens (including phenoxy) is 1. The maximum atomic E-state index is 12.3. The maximum Gasteiger partial charge on any atom is 0.306 e. The van der Waals surface area contributed by atoms with E-state index in [1.807, 2.05) is 25.1 Å². The topological polar surface area (TPSA) is 96.0 Å². The minimum absolute atomic E-state index is 0.00421. The summed E-state index contributed by atoms with van der Waals surface area (Å²) in [4.78, 5) is 52.3. The van der Waals surface area contributed by atoms with Crippen LogP contribution in [0.4, 0.5) is 11.4 Å². The van der Waals surface area contributed by atoms with Gasteiger partial charge in [0.2, 0.25) is 0 Å². The molecule has 0 atom stereocenters. The first-order chi connectivity index (χ1) is 15.9. The van der Waals surface area contributed by atoms with Crippen molar-refractivity contribution in [2.75, 3.05) is 36.5 Å². The molecule has 0 aromatic heterocycles. The predicted molar refractivity (Wildman–Crippen MR) is 123 cm³/mol. The Bertz CT molecular complexity index is 1060. The number of nitrogens with one attached hydrogen (secondary N) is 1. The molecule has 0 unspecified atom stereocenters. The van der Waals surface area contributed by atoms with Crippen LogP contribution in [0.1, 0.15) is 52.0 Å². The third kappa shape index (κ3) is 5.05. The van der Waals surface area contributed by atoms with E-state index in [1.54, 1.807) is 24.3 Å². The smallest absolute Gasteiger partial charge is 0.306 e. The Labute approximate surface area is 192 Å². The molecule has 2 heterocycles. The summed E-state index contributed by atoms with van der Waals surface area (Å²) in [5.74, 6) is -1.67. The van der Waals surface area contributed by atoms with E-state index in [0.717, 1.165) is 29.2 Å². The van der Waals surface area contributed by atoms with Crippen LogP contribution in [0.2, 0.25) is 0 Å². The second kappa shape index (κ2) is 9.85. The number of carbonyl (C=O) groups is 4. The monoisotopic (exact) mass is 449 g/mol. The normalized spacial score (nSPS) is 15.1. The Morgan fingerprint density at radius 2 is 1.67 bits per heavy atom. The predicted octanol–water partition coefficient (Wildman–Crippen LogP) is 3.15. The summed E-state index contributed by atoms with van der Waals surface area (Å²) in [5, 5.41) is 2.77. The highest BCUT2D eigenvalue weighted by Crippen LogP contribution is 2.26. The van der Waals surface area contributed by atoms with Crippen molar-refractivity contribution in [3.8, 4) is 0 Å². The van der Waals surface area contributed by atoms with Crippen LogP contribution in [0.3, 0.4) is 0 Å². The fourth-order valence-electron chi connectivity index (χ4n) is 4.19. The van der Waals surface area contributed by atoms with Crippen LogP contribution in [0, 0.1) is 6.92 Å². The molecule has 33 heavy (non-hydrogen) atoms. The minimum Gasteiger partial charge on any atom is -0.456 e. The SMILES string of the molecule is Cc1cc(N2CCCC2)ccc1NC(=O)COC(=O)CCCN1C(=O)c2ccccc2C1=O. The largest absolute Gasteiger partial charge is 0.456 e. The highest BCUT2D eigenvalue weighted by atomic mass is 16.5. The van der Waals surface area contributed by atoms with Gasteiger partial charge in [0.05, 0.1) is 11.1 Å². The molecule has 4 rings (SSSR count). The number of hydrogen-bond acceptors (Lipinski definition) is 6. The van der Waals surface area contributed by atoms with Crippen molar-refractivity contribution in [2.24, 2.45) is 0 Å². The molecule has 1 saturated heterocycles. The molecule has 0 saturated carbocycles. The number of nitrogens with zero attached hydrogens (tertiary/aromatic N) is 2. The molecular formula is C25H27N3O5. The van der Waals surface area contributed by atoms with E-state index in [-0.39, 0.29) is 37.8 Å². The van der Waals surface area contributed by atoms with Gasteiger partial charge < -0.3 is 15.0 Å². The van der Waals surface area contributed by atoms with Gasteiger partial charge in [0.1, 0.15) is 0 Å². The van der Waals surface area contributed by atoms with E-state index >= 15 is 0 Å². The highest BCUT2D eigenvalue weighted by Gasteiger charge is 2.34. The number of amides is 3. The molecule has 1 N–H and O–H groups in total. The van der Waals surface area contributed by atoms with Crippen LogP contribution in [0.25, 0.3) is 0 Å². The summed E-state index contributed by atoms with van der Waals surface area (Å²) in [6.07, 6.45) is 2.66. The fourth-order valence-corrected chi connectivity index (χ4v) is 4.19. The van der Waals surface area contributed by atoms with Gasteiger partial charge in [-0.15, -0.1) is 0 Å². The minimum atomic E-state index is -0.553. The quantitative estimate of drug-likeness (QED) is 0.491. The zero-order valence-corrected chi connectivity index (χ0v) is 18.6. The Kier molecular flexibility index (Phi) is 6.72. The number of aryl methyl sites for hydroxylation is 1. The lowest BCUT2D eigenvalue weighted by atomic mass is 10.1.